The summed E-state index contributed by atoms with van der Waals surface area (Å²) in [5.41, 5.74) is 0. The fourth-order valence-corrected chi connectivity index (χ4v) is 1.83. The molecule has 0 bridgehead atoms. The third-order valence-corrected chi connectivity index (χ3v) is 3.01. The summed E-state index contributed by atoms with van der Waals surface area (Å²) < 4.78 is 5.44. The molecular formula is C13H27N3O2. The summed E-state index contributed by atoms with van der Waals surface area (Å²) >= 11 is 0. The van der Waals surface area contributed by atoms with E-state index in [0.717, 1.165) is 39.3 Å². The van der Waals surface area contributed by atoms with Gasteiger partial charge in [0, 0.05) is 39.3 Å². The quantitative estimate of drug-likeness (QED) is 0.653. The molecule has 0 spiro atoms. The third-order valence-electron chi connectivity index (χ3n) is 3.01. The molecule has 0 aromatic rings. The van der Waals surface area contributed by atoms with Gasteiger partial charge in [-0.25, -0.2) is 0 Å². The van der Waals surface area contributed by atoms with Crippen LogP contribution in [0.4, 0.5) is 0 Å². The Labute approximate surface area is 110 Å². The maximum Gasteiger partial charge on any atom is 0.236 e. The SMILES string of the molecule is CC(C)COCCNCC(=O)N1CCN(C)CC1. The smallest absolute Gasteiger partial charge is 0.236 e. The number of amides is 1. The highest BCUT2D eigenvalue weighted by Crippen LogP contribution is 1.98. The summed E-state index contributed by atoms with van der Waals surface area (Å²) in [5.74, 6) is 0.768. The molecule has 0 saturated carbocycles. The molecule has 1 saturated heterocycles. The second-order valence-corrected chi connectivity index (χ2v) is 5.33. The monoisotopic (exact) mass is 257 g/mol. The number of piperazine rings is 1. The van der Waals surface area contributed by atoms with Crippen molar-refractivity contribution in [2.45, 2.75) is 13.8 Å². The lowest BCUT2D eigenvalue weighted by Gasteiger charge is -2.32. The van der Waals surface area contributed by atoms with Gasteiger partial charge in [-0.15, -0.1) is 0 Å². The van der Waals surface area contributed by atoms with E-state index in [-0.39, 0.29) is 5.91 Å². The van der Waals surface area contributed by atoms with Gasteiger partial charge in [0.1, 0.15) is 0 Å². The standard InChI is InChI=1S/C13H27N3O2/c1-12(2)11-18-9-4-14-10-13(17)16-7-5-15(3)6-8-16/h12,14H,4-11H2,1-3H3. The number of nitrogens with one attached hydrogen (secondary N) is 1. The van der Waals surface area contributed by atoms with Crippen molar-refractivity contribution in [3.05, 3.63) is 0 Å². The van der Waals surface area contributed by atoms with Crippen molar-refractivity contribution >= 4 is 5.91 Å². The zero-order valence-electron chi connectivity index (χ0n) is 11.9. The minimum absolute atomic E-state index is 0.201. The first kappa shape index (κ1) is 15.4. The van der Waals surface area contributed by atoms with Gasteiger partial charge in [-0.1, -0.05) is 13.8 Å². The average molecular weight is 257 g/mol. The van der Waals surface area contributed by atoms with Crippen molar-refractivity contribution in [2.75, 3.05) is 59.5 Å². The van der Waals surface area contributed by atoms with E-state index < -0.39 is 0 Å². The molecule has 0 atom stereocenters. The molecule has 0 radical (unpaired) electrons. The largest absolute Gasteiger partial charge is 0.380 e. The fraction of sp³-hybridized carbons (Fsp3) is 0.923. The Kier molecular flexibility index (Phi) is 7.23. The van der Waals surface area contributed by atoms with Gasteiger partial charge in [-0.05, 0) is 13.0 Å². The number of rotatable bonds is 7. The van der Waals surface area contributed by atoms with Crippen molar-refractivity contribution in [1.82, 2.24) is 15.1 Å². The summed E-state index contributed by atoms with van der Waals surface area (Å²) in [7, 11) is 2.09. The zero-order valence-corrected chi connectivity index (χ0v) is 11.9. The number of carbonyl (C=O) groups excluding carboxylic acids is 1. The normalized spacial score (nSPS) is 17.4. The maximum atomic E-state index is 11.8. The lowest BCUT2D eigenvalue weighted by Crippen LogP contribution is -2.49. The summed E-state index contributed by atoms with van der Waals surface area (Å²) in [6, 6.07) is 0. The molecule has 1 N–H and O–H groups in total. The van der Waals surface area contributed by atoms with Gasteiger partial charge in [-0.2, -0.15) is 0 Å². The van der Waals surface area contributed by atoms with Crippen molar-refractivity contribution in [2.24, 2.45) is 5.92 Å². The second-order valence-electron chi connectivity index (χ2n) is 5.33. The van der Waals surface area contributed by atoms with Crippen LogP contribution in [-0.2, 0) is 9.53 Å². The molecule has 1 aliphatic heterocycles. The first-order chi connectivity index (χ1) is 8.59. The number of likely N-dealkylation sites (N-methyl/N-ethyl adjacent to an activating group) is 1. The summed E-state index contributed by atoms with van der Waals surface area (Å²) in [5, 5.41) is 3.14. The zero-order chi connectivity index (χ0) is 13.4. The number of hydrogen-bond donors (Lipinski definition) is 1. The Bertz CT molecular complexity index is 238. The molecule has 1 rings (SSSR count). The van der Waals surface area contributed by atoms with Gasteiger partial charge in [0.05, 0.1) is 13.2 Å². The molecule has 18 heavy (non-hydrogen) atoms. The highest BCUT2D eigenvalue weighted by molar-refractivity contribution is 5.78. The number of carbonyl (C=O) groups is 1. The molecule has 0 aliphatic carbocycles. The summed E-state index contributed by atoms with van der Waals surface area (Å²) in [6.07, 6.45) is 0. The molecule has 0 aromatic carbocycles. The lowest BCUT2D eigenvalue weighted by molar-refractivity contribution is -0.131. The molecule has 5 heteroatoms. The van der Waals surface area contributed by atoms with Crippen LogP contribution in [0.5, 0.6) is 0 Å². The van der Waals surface area contributed by atoms with Crippen LogP contribution in [0.2, 0.25) is 0 Å². The predicted octanol–water partition coefficient (Wildman–Crippen LogP) is 0.0226. The van der Waals surface area contributed by atoms with Crippen molar-refractivity contribution in [1.29, 1.82) is 0 Å². The molecular weight excluding hydrogens is 230 g/mol. The molecule has 0 unspecified atom stereocenters. The summed E-state index contributed by atoms with van der Waals surface area (Å²) in [6.45, 7) is 10.5. The van der Waals surface area contributed by atoms with E-state index in [0.29, 0.717) is 19.1 Å². The molecule has 1 heterocycles. The van der Waals surface area contributed by atoms with Gasteiger partial charge >= 0.3 is 0 Å². The molecule has 1 amide bonds. The van der Waals surface area contributed by atoms with E-state index in [1.54, 1.807) is 0 Å². The van der Waals surface area contributed by atoms with Crippen molar-refractivity contribution in [3.8, 4) is 0 Å². The lowest BCUT2D eigenvalue weighted by atomic mass is 10.2. The van der Waals surface area contributed by atoms with Gasteiger partial charge in [0.25, 0.3) is 0 Å². The van der Waals surface area contributed by atoms with Gasteiger partial charge in [-0.3, -0.25) is 4.79 Å². The number of hydrogen-bond acceptors (Lipinski definition) is 4. The molecule has 0 aromatic heterocycles. The van der Waals surface area contributed by atoms with Crippen LogP contribution in [0.1, 0.15) is 13.8 Å². The van der Waals surface area contributed by atoms with E-state index in [1.807, 2.05) is 4.90 Å². The minimum atomic E-state index is 0.201. The van der Waals surface area contributed by atoms with Crippen LogP contribution >= 0.6 is 0 Å². The fourth-order valence-electron chi connectivity index (χ4n) is 1.83. The van der Waals surface area contributed by atoms with Crippen LogP contribution in [0.25, 0.3) is 0 Å². The van der Waals surface area contributed by atoms with E-state index >= 15 is 0 Å². The Morgan fingerprint density at radius 2 is 1.94 bits per heavy atom. The number of nitrogens with zero attached hydrogens (tertiary/aromatic N) is 2. The van der Waals surface area contributed by atoms with Crippen LogP contribution in [0.3, 0.4) is 0 Å². The molecule has 5 nitrogen and oxygen atoms in total. The first-order valence-electron chi connectivity index (χ1n) is 6.84. The average Bonchev–Trinajstić information content (AvgIpc) is 2.34. The van der Waals surface area contributed by atoms with Crippen LogP contribution in [0, 0.1) is 5.92 Å². The topological polar surface area (TPSA) is 44.8 Å². The van der Waals surface area contributed by atoms with Crippen LogP contribution in [0.15, 0.2) is 0 Å². The molecule has 106 valence electrons. The predicted molar refractivity (Wildman–Crippen MR) is 72.6 cm³/mol. The Morgan fingerprint density at radius 1 is 1.28 bits per heavy atom. The summed E-state index contributed by atoms with van der Waals surface area (Å²) in [4.78, 5) is 16.0. The van der Waals surface area contributed by atoms with Gasteiger partial charge in [0.15, 0.2) is 0 Å². The van der Waals surface area contributed by atoms with Crippen molar-refractivity contribution in [3.63, 3.8) is 0 Å². The van der Waals surface area contributed by atoms with E-state index in [2.05, 4.69) is 31.1 Å². The van der Waals surface area contributed by atoms with Gasteiger partial charge in [0.2, 0.25) is 5.91 Å². The second kappa shape index (κ2) is 8.45. The van der Waals surface area contributed by atoms with Gasteiger partial charge < -0.3 is 19.9 Å². The minimum Gasteiger partial charge on any atom is -0.380 e. The van der Waals surface area contributed by atoms with Crippen LogP contribution < -0.4 is 5.32 Å². The Hall–Kier alpha value is -0.650. The van der Waals surface area contributed by atoms with E-state index in [1.165, 1.54) is 0 Å². The van der Waals surface area contributed by atoms with Crippen molar-refractivity contribution < 1.29 is 9.53 Å². The Morgan fingerprint density at radius 3 is 2.56 bits per heavy atom. The first-order valence-corrected chi connectivity index (χ1v) is 6.84. The molecule has 1 aliphatic rings. The van der Waals surface area contributed by atoms with Crippen LogP contribution in [-0.4, -0.2) is 75.2 Å². The molecule has 1 fully saturated rings. The van der Waals surface area contributed by atoms with E-state index in [9.17, 15) is 4.79 Å². The number of ether oxygens (including phenoxy) is 1. The maximum absolute atomic E-state index is 11.8. The third kappa shape index (κ3) is 6.33. The van der Waals surface area contributed by atoms with E-state index in [4.69, 9.17) is 4.74 Å². The highest BCUT2D eigenvalue weighted by Gasteiger charge is 2.18. The Balaban J connectivity index is 2.00. The highest BCUT2D eigenvalue weighted by atomic mass is 16.5.